The van der Waals surface area contributed by atoms with Crippen molar-refractivity contribution in [3.8, 4) is 0 Å². The molecule has 0 fully saturated rings. The first kappa shape index (κ1) is 24.7. The van der Waals surface area contributed by atoms with Gasteiger partial charge >= 0.3 is 0 Å². The highest BCUT2D eigenvalue weighted by Crippen LogP contribution is 2.41. The van der Waals surface area contributed by atoms with Crippen molar-refractivity contribution in [3.63, 3.8) is 0 Å². The number of fused-ring (bicyclic) bond motifs is 3. The van der Waals surface area contributed by atoms with E-state index in [0.29, 0.717) is 5.76 Å². The first-order valence-corrected chi connectivity index (χ1v) is 12.5. The van der Waals surface area contributed by atoms with Crippen LogP contribution in [-0.2, 0) is 14.9 Å². The molecule has 2 unspecified atom stereocenters. The molecule has 0 radical (unpaired) electrons. The van der Waals surface area contributed by atoms with Crippen LogP contribution in [0.5, 0.6) is 0 Å². The highest BCUT2D eigenvalue weighted by molar-refractivity contribution is 5.87. The number of ether oxygens (including phenoxy) is 1. The van der Waals surface area contributed by atoms with Crippen LogP contribution >= 0.6 is 0 Å². The van der Waals surface area contributed by atoms with Gasteiger partial charge in [-0.25, -0.2) is 0 Å². The molecule has 0 bridgehead atoms. The van der Waals surface area contributed by atoms with Crippen molar-refractivity contribution in [2.24, 2.45) is 5.92 Å². The minimum Gasteiger partial charge on any atom is -0.495 e. The van der Waals surface area contributed by atoms with E-state index >= 15 is 0 Å². The highest BCUT2D eigenvalue weighted by atomic mass is 16.5. The average Bonchev–Trinajstić information content (AvgIpc) is 2.82. The Hall–Kier alpha value is -3.39. The summed E-state index contributed by atoms with van der Waals surface area (Å²) in [6, 6.07) is 26.3. The van der Waals surface area contributed by atoms with E-state index in [1.165, 1.54) is 37.6 Å². The van der Waals surface area contributed by atoms with Crippen molar-refractivity contribution in [1.82, 2.24) is 0 Å². The first-order chi connectivity index (χ1) is 16.7. The van der Waals surface area contributed by atoms with Crippen LogP contribution in [0.25, 0.3) is 11.6 Å². The Morgan fingerprint density at radius 3 is 2.26 bits per heavy atom. The summed E-state index contributed by atoms with van der Waals surface area (Å²) in [6.45, 7) is 12.5. The molecule has 0 heterocycles. The highest BCUT2D eigenvalue weighted by Gasteiger charge is 2.36. The monoisotopic (exact) mass is 464 g/mol. The SMILES string of the molecule is CC(=O)/C=C(/C)OC(C)CC1(C)c2ccccc2\C(C)=c2/cccc/c2=c2\cccc\c2=C/[C@@H]1C. The van der Waals surface area contributed by atoms with Crippen molar-refractivity contribution in [2.75, 3.05) is 0 Å². The number of benzene rings is 3. The molecule has 0 aromatic heterocycles. The smallest absolute Gasteiger partial charge is 0.155 e. The van der Waals surface area contributed by atoms with Crippen LogP contribution < -0.4 is 10.4 Å². The molecule has 2 nitrogen and oxygen atoms in total. The second-order valence-corrected chi connectivity index (χ2v) is 10.2. The summed E-state index contributed by atoms with van der Waals surface area (Å²) >= 11 is 0. The maximum Gasteiger partial charge on any atom is 0.155 e. The van der Waals surface area contributed by atoms with Gasteiger partial charge in [0.05, 0.1) is 11.9 Å². The predicted molar refractivity (Wildman–Crippen MR) is 145 cm³/mol. The van der Waals surface area contributed by atoms with Crippen LogP contribution in [0.3, 0.4) is 0 Å². The molecular weight excluding hydrogens is 428 g/mol. The van der Waals surface area contributed by atoms with Crippen molar-refractivity contribution in [2.45, 2.75) is 59.5 Å². The molecule has 1 aliphatic carbocycles. The van der Waals surface area contributed by atoms with Crippen molar-refractivity contribution >= 4 is 17.4 Å². The number of ketones is 1. The molecule has 3 aromatic rings. The fourth-order valence-corrected chi connectivity index (χ4v) is 5.66. The summed E-state index contributed by atoms with van der Waals surface area (Å²) in [4.78, 5) is 11.5. The number of rotatable bonds is 5. The summed E-state index contributed by atoms with van der Waals surface area (Å²) in [5.41, 5.74) is 3.71. The quantitative estimate of drug-likeness (QED) is 0.333. The molecule has 3 atom stereocenters. The number of carbonyl (C=O) groups is 1. The minimum absolute atomic E-state index is 0.00662. The molecule has 3 aromatic carbocycles. The zero-order chi connectivity index (χ0) is 25.2. The van der Waals surface area contributed by atoms with Crippen LogP contribution in [-0.4, -0.2) is 11.9 Å². The van der Waals surface area contributed by atoms with Gasteiger partial charge < -0.3 is 4.74 Å². The van der Waals surface area contributed by atoms with Gasteiger partial charge in [-0.15, -0.1) is 0 Å². The maximum absolute atomic E-state index is 11.5. The van der Waals surface area contributed by atoms with E-state index in [2.05, 4.69) is 107 Å². The lowest BCUT2D eigenvalue weighted by Crippen LogP contribution is -2.36. The molecule has 1 aliphatic rings. The van der Waals surface area contributed by atoms with Crippen LogP contribution in [0.2, 0.25) is 0 Å². The van der Waals surface area contributed by atoms with Gasteiger partial charge in [0.25, 0.3) is 0 Å². The van der Waals surface area contributed by atoms with Gasteiger partial charge in [0.1, 0.15) is 0 Å². The Labute approximate surface area is 209 Å². The lowest BCUT2D eigenvalue weighted by atomic mass is 9.66. The van der Waals surface area contributed by atoms with E-state index in [-0.39, 0.29) is 23.2 Å². The number of allylic oxidation sites excluding steroid dienone is 2. The van der Waals surface area contributed by atoms with E-state index in [1.54, 1.807) is 13.0 Å². The van der Waals surface area contributed by atoms with Crippen molar-refractivity contribution in [3.05, 3.63) is 117 Å². The lowest BCUT2D eigenvalue weighted by molar-refractivity contribution is -0.112. The van der Waals surface area contributed by atoms with E-state index in [4.69, 9.17) is 4.74 Å². The molecule has 0 spiro atoms. The summed E-state index contributed by atoms with van der Waals surface area (Å²) in [6.07, 6.45) is 4.77. The van der Waals surface area contributed by atoms with E-state index in [9.17, 15) is 4.79 Å². The topological polar surface area (TPSA) is 26.3 Å². The van der Waals surface area contributed by atoms with E-state index in [0.717, 1.165) is 6.42 Å². The van der Waals surface area contributed by atoms with E-state index < -0.39 is 0 Å². The normalized spacial score (nSPS) is 24.1. The third-order valence-corrected chi connectivity index (χ3v) is 7.47. The van der Waals surface area contributed by atoms with E-state index in [1.807, 2.05) is 6.92 Å². The van der Waals surface area contributed by atoms with Gasteiger partial charge in [0.2, 0.25) is 0 Å². The van der Waals surface area contributed by atoms with Gasteiger partial charge in [0.15, 0.2) is 5.78 Å². The second kappa shape index (κ2) is 10.1. The molecule has 0 amide bonds. The molecular formula is C33H36O2. The van der Waals surface area contributed by atoms with Gasteiger partial charge in [0, 0.05) is 11.5 Å². The standard InChI is InChI=1S/C33H36O2/c1-22-19-27-13-7-8-16-30(27)31-17-10-9-14-28(31)26(5)29-15-11-12-18-32(29)33(22,6)21-25(4)35-24(3)20-23(2)34/h7-20,22,25H,21H2,1-6H3/b24-20-,27-19+,28-26+,31-30-/t22-,25?,33?/m0/s1. The molecule has 0 saturated carbocycles. The zero-order valence-corrected chi connectivity index (χ0v) is 21.8. The number of carbonyl (C=O) groups excluding carboxylic acids is 1. The third kappa shape index (κ3) is 5.03. The Kier molecular flexibility index (Phi) is 7.12. The first-order valence-electron chi connectivity index (χ1n) is 12.5. The van der Waals surface area contributed by atoms with Crippen LogP contribution in [0.15, 0.2) is 84.6 Å². The summed E-state index contributed by atoms with van der Waals surface area (Å²) < 4.78 is 6.19. The Morgan fingerprint density at radius 1 is 0.943 bits per heavy atom. The van der Waals surface area contributed by atoms with Gasteiger partial charge in [-0.05, 0) is 77.6 Å². The fraction of sp³-hybridized carbons (Fsp3) is 0.303. The van der Waals surface area contributed by atoms with Gasteiger partial charge in [-0.3, -0.25) is 4.79 Å². The van der Waals surface area contributed by atoms with Gasteiger partial charge in [-0.2, -0.15) is 0 Å². The molecule has 180 valence electrons. The van der Waals surface area contributed by atoms with Crippen LogP contribution in [0.1, 0.15) is 59.1 Å². The molecule has 0 N–H and O–H groups in total. The van der Waals surface area contributed by atoms with Crippen molar-refractivity contribution < 1.29 is 9.53 Å². The number of hydrogen-bond acceptors (Lipinski definition) is 2. The Bertz CT molecular complexity index is 1490. The molecule has 35 heavy (non-hydrogen) atoms. The Balaban J connectivity index is 2.02. The minimum atomic E-state index is -0.187. The average molecular weight is 465 g/mol. The molecule has 2 heteroatoms. The van der Waals surface area contributed by atoms with Crippen LogP contribution in [0, 0.1) is 16.4 Å². The van der Waals surface area contributed by atoms with Crippen LogP contribution in [0.4, 0.5) is 0 Å². The second-order valence-electron chi connectivity index (χ2n) is 10.2. The summed E-state index contributed by atoms with van der Waals surface area (Å²) in [5, 5.41) is 5.05. The molecule has 0 aliphatic heterocycles. The largest absolute Gasteiger partial charge is 0.495 e. The molecule has 4 rings (SSSR count). The predicted octanol–water partition coefficient (Wildman–Crippen LogP) is 6.17. The molecule has 0 saturated heterocycles. The fourth-order valence-electron chi connectivity index (χ4n) is 5.66. The summed E-state index contributed by atoms with van der Waals surface area (Å²) in [5.74, 6) is 0.915. The summed E-state index contributed by atoms with van der Waals surface area (Å²) in [7, 11) is 0. The third-order valence-electron chi connectivity index (χ3n) is 7.47. The Morgan fingerprint density at radius 2 is 1.54 bits per heavy atom. The maximum atomic E-state index is 11.5. The number of hydrogen-bond donors (Lipinski definition) is 0. The van der Waals surface area contributed by atoms with Gasteiger partial charge in [-0.1, -0.05) is 92.7 Å². The van der Waals surface area contributed by atoms with Crippen molar-refractivity contribution in [1.29, 1.82) is 0 Å². The zero-order valence-electron chi connectivity index (χ0n) is 21.8. The lowest BCUT2D eigenvalue weighted by Gasteiger charge is -2.39.